The molecule has 11 nitrogen and oxygen atoms in total. The molecule has 2 heterocycles. The molecule has 0 aromatic heterocycles. The van der Waals surface area contributed by atoms with Crippen LogP contribution in [0.2, 0.25) is 0 Å². The number of rotatable bonds is 9. The number of anilines is 1. The number of nitrogens with one attached hydrogen (secondary N) is 2. The Hall–Kier alpha value is -2.89. The maximum absolute atomic E-state index is 13.6. The van der Waals surface area contributed by atoms with Crippen molar-refractivity contribution in [2.45, 2.75) is 52.3 Å². The highest BCUT2D eigenvalue weighted by Gasteiger charge is 2.34. The van der Waals surface area contributed by atoms with Crippen LogP contribution in [0.1, 0.15) is 44.5 Å². The van der Waals surface area contributed by atoms with Crippen molar-refractivity contribution in [3.8, 4) is 5.75 Å². The number of hydrogen-bond donors (Lipinski definition) is 3. The van der Waals surface area contributed by atoms with E-state index >= 15 is 0 Å². The zero-order valence-corrected chi connectivity index (χ0v) is 23.2. The number of hydrogen-bond acceptors (Lipinski definition) is 7. The standard InChI is InChI=1S/C27H43N5O6/c1-18(2)28-27(36)30(5)16-24-19(3)15-32(20(4)17-33)26(35)22-14-21(6-7-23(22)38-24)29-25(34)8-9-31-10-12-37-13-11-31/h6-7,14,18-20,24,33H,8-13,15-17H2,1-5H3,(H,28,36)(H,29,34)/t19-,20-,24+/m0/s1. The molecule has 38 heavy (non-hydrogen) atoms. The first-order chi connectivity index (χ1) is 18.1. The molecule has 0 saturated carbocycles. The van der Waals surface area contributed by atoms with Crippen LogP contribution in [-0.4, -0.2) is 115 Å². The van der Waals surface area contributed by atoms with Gasteiger partial charge in [-0.15, -0.1) is 0 Å². The number of morpholine rings is 1. The van der Waals surface area contributed by atoms with E-state index in [0.717, 1.165) is 13.1 Å². The Balaban J connectivity index is 1.79. The Labute approximate surface area is 225 Å². The predicted molar refractivity (Wildman–Crippen MR) is 144 cm³/mol. The molecule has 0 bridgehead atoms. The minimum Gasteiger partial charge on any atom is -0.487 e. The van der Waals surface area contributed by atoms with Gasteiger partial charge in [0.15, 0.2) is 0 Å². The number of aliphatic hydroxyl groups is 1. The van der Waals surface area contributed by atoms with Gasteiger partial charge in [0.05, 0.1) is 38.0 Å². The van der Waals surface area contributed by atoms with Crippen LogP contribution >= 0.6 is 0 Å². The summed E-state index contributed by atoms with van der Waals surface area (Å²) in [4.78, 5) is 44.1. The fourth-order valence-electron chi connectivity index (χ4n) is 4.54. The molecule has 0 unspecified atom stereocenters. The average molecular weight is 534 g/mol. The van der Waals surface area contributed by atoms with Crippen LogP contribution in [0, 0.1) is 5.92 Å². The molecule has 11 heteroatoms. The van der Waals surface area contributed by atoms with Crippen LogP contribution in [0.3, 0.4) is 0 Å². The molecule has 1 aromatic carbocycles. The van der Waals surface area contributed by atoms with Crippen LogP contribution in [0.15, 0.2) is 18.2 Å². The number of nitrogens with zero attached hydrogens (tertiary/aromatic N) is 3. The molecule has 3 rings (SSSR count). The summed E-state index contributed by atoms with van der Waals surface area (Å²) in [5.41, 5.74) is 0.811. The highest BCUT2D eigenvalue weighted by atomic mass is 16.5. The summed E-state index contributed by atoms with van der Waals surface area (Å²) in [5.74, 6) is -0.150. The monoisotopic (exact) mass is 533 g/mol. The van der Waals surface area contributed by atoms with E-state index in [1.807, 2.05) is 20.8 Å². The number of benzene rings is 1. The number of carbonyl (C=O) groups is 3. The summed E-state index contributed by atoms with van der Waals surface area (Å²) in [7, 11) is 1.71. The van der Waals surface area contributed by atoms with Crippen LogP contribution < -0.4 is 15.4 Å². The van der Waals surface area contributed by atoms with Crippen molar-refractivity contribution in [2.24, 2.45) is 5.92 Å². The molecule has 0 spiro atoms. The molecule has 1 saturated heterocycles. The van der Waals surface area contributed by atoms with Crippen LogP contribution in [-0.2, 0) is 9.53 Å². The third-order valence-electron chi connectivity index (χ3n) is 6.92. The predicted octanol–water partition coefficient (Wildman–Crippen LogP) is 1.62. The molecule has 3 atom stereocenters. The summed E-state index contributed by atoms with van der Waals surface area (Å²) in [5, 5.41) is 15.6. The summed E-state index contributed by atoms with van der Waals surface area (Å²) < 4.78 is 11.7. The van der Waals surface area contributed by atoms with Gasteiger partial charge in [-0.2, -0.15) is 0 Å². The first-order valence-corrected chi connectivity index (χ1v) is 13.4. The van der Waals surface area contributed by atoms with Crippen molar-refractivity contribution >= 4 is 23.5 Å². The van der Waals surface area contributed by atoms with Gasteiger partial charge in [0, 0.05) is 57.3 Å². The summed E-state index contributed by atoms with van der Waals surface area (Å²) in [6.07, 6.45) is -0.0633. The quantitative estimate of drug-likeness (QED) is 0.441. The second kappa shape index (κ2) is 13.8. The van der Waals surface area contributed by atoms with E-state index in [2.05, 4.69) is 15.5 Å². The van der Waals surface area contributed by atoms with Gasteiger partial charge >= 0.3 is 6.03 Å². The van der Waals surface area contributed by atoms with Crippen molar-refractivity contribution in [1.29, 1.82) is 0 Å². The highest BCUT2D eigenvalue weighted by Crippen LogP contribution is 2.30. The Morgan fingerprint density at radius 3 is 2.58 bits per heavy atom. The number of amides is 4. The van der Waals surface area contributed by atoms with Crippen molar-refractivity contribution in [1.82, 2.24) is 20.0 Å². The molecule has 0 aliphatic carbocycles. The molecule has 3 N–H and O–H groups in total. The Bertz CT molecular complexity index is 967. The van der Waals surface area contributed by atoms with Gasteiger partial charge in [-0.05, 0) is 39.0 Å². The van der Waals surface area contributed by atoms with Gasteiger partial charge < -0.3 is 35.0 Å². The van der Waals surface area contributed by atoms with Crippen molar-refractivity contribution in [2.75, 3.05) is 64.9 Å². The number of urea groups is 1. The van der Waals surface area contributed by atoms with E-state index in [9.17, 15) is 19.5 Å². The van der Waals surface area contributed by atoms with Crippen LogP contribution in [0.5, 0.6) is 5.75 Å². The number of fused-ring (bicyclic) bond motifs is 1. The van der Waals surface area contributed by atoms with Crippen molar-refractivity contribution < 1.29 is 29.0 Å². The van der Waals surface area contributed by atoms with E-state index in [0.29, 0.717) is 56.3 Å². The third-order valence-corrected chi connectivity index (χ3v) is 6.92. The number of likely N-dealkylation sites (N-methyl/N-ethyl adjacent to an activating group) is 1. The number of ether oxygens (including phenoxy) is 2. The second-order valence-corrected chi connectivity index (χ2v) is 10.6. The largest absolute Gasteiger partial charge is 0.487 e. The van der Waals surface area contributed by atoms with Gasteiger partial charge in [-0.1, -0.05) is 6.92 Å². The highest BCUT2D eigenvalue weighted by molar-refractivity contribution is 6.00. The fraction of sp³-hybridized carbons (Fsp3) is 0.667. The topological polar surface area (TPSA) is 124 Å². The molecule has 0 radical (unpaired) electrons. The van der Waals surface area contributed by atoms with Crippen molar-refractivity contribution in [3.63, 3.8) is 0 Å². The first kappa shape index (κ1) is 29.7. The normalized spacial score (nSPS) is 21.1. The first-order valence-electron chi connectivity index (χ1n) is 13.4. The maximum atomic E-state index is 13.6. The van der Waals surface area contributed by atoms with E-state index in [1.165, 1.54) is 0 Å². The van der Waals surface area contributed by atoms with Gasteiger partial charge in [-0.3, -0.25) is 14.5 Å². The summed E-state index contributed by atoms with van der Waals surface area (Å²) in [6, 6.07) is 4.42. The lowest BCUT2D eigenvalue weighted by atomic mass is 9.99. The summed E-state index contributed by atoms with van der Waals surface area (Å²) in [6.45, 7) is 11.6. The molecule has 212 valence electrons. The zero-order valence-electron chi connectivity index (χ0n) is 23.2. The van der Waals surface area contributed by atoms with E-state index in [1.54, 1.807) is 42.0 Å². The minimum absolute atomic E-state index is 0.00219. The van der Waals surface area contributed by atoms with Gasteiger partial charge in [0.1, 0.15) is 11.9 Å². The van der Waals surface area contributed by atoms with Gasteiger partial charge in [-0.25, -0.2) is 4.79 Å². The molecule has 2 aliphatic heterocycles. The third kappa shape index (κ3) is 8.05. The lowest BCUT2D eigenvalue weighted by Crippen LogP contribution is -2.51. The maximum Gasteiger partial charge on any atom is 0.317 e. The molecule has 4 amide bonds. The molecular formula is C27H43N5O6. The zero-order chi connectivity index (χ0) is 27.8. The molecule has 2 aliphatic rings. The minimum atomic E-state index is -0.412. The molecular weight excluding hydrogens is 490 g/mol. The van der Waals surface area contributed by atoms with Gasteiger partial charge in [0.25, 0.3) is 5.91 Å². The molecule has 1 aromatic rings. The number of aliphatic hydroxyl groups excluding tert-OH is 1. The number of carbonyl (C=O) groups excluding carboxylic acids is 3. The fourth-order valence-corrected chi connectivity index (χ4v) is 4.54. The molecule has 1 fully saturated rings. The van der Waals surface area contributed by atoms with E-state index in [4.69, 9.17) is 9.47 Å². The summed E-state index contributed by atoms with van der Waals surface area (Å²) >= 11 is 0. The van der Waals surface area contributed by atoms with Crippen LogP contribution in [0.4, 0.5) is 10.5 Å². The average Bonchev–Trinajstić information content (AvgIpc) is 2.89. The smallest absolute Gasteiger partial charge is 0.317 e. The van der Waals surface area contributed by atoms with Crippen LogP contribution in [0.25, 0.3) is 0 Å². The van der Waals surface area contributed by atoms with Gasteiger partial charge in [0.2, 0.25) is 5.91 Å². The van der Waals surface area contributed by atoms with E-state index in [-0.39, 0.29) is 36.4 Å². The SMILES string of the molecule is CC(C)NC(=O)N(C)C[C@H]1Oc2ccc(NC(=O)CCN3CCOCC3)cc2C(=O)N([C@@H](C)CO)C[C@@H]1C. The Morgan fingerprint density at radius 2 is 1.92 bits per heavy atom. The Kier molecular flexibility index (Phi) is 10.7. The Morgan fingerprint density at radius 1 is 1.21 bits per heavy atom. The lowest BCUT2D eigenvalue weighted by molar-refractivity contribution is -0.116. The van der Waals surface area contributed by atoms with E-state index < -0.39 is 12.1 Å². The van der Waals surface area contributed by atoms with Crippen molar-refractivity contribution in [3.05, 3.63) is 23.8 Å². The lowest BCUT2D eigenvalue weighted by Gasteiger charge is -2.38. The second-order valence-electron chi connectivity index (χ2n) is 10.6.